The molecule has 1 aromatic heterocycles. The number of aromatic nitrogens is 3. The fraction of sp³-hybridized carbons (Fsp3) is 0.250. The number of benzene rings is 2. The topological polar surface area (TPSA) is 60.2 Å². The molecule has 1 aliphatic heterocycles. The average molecular weight is 348 g/mol. The van der Waals surface area contributed by atoms with Gasteiger partial charge in [-0.2, -0.15) is 10.1 Å². The smallest absolute Gasteiger partial charge is 0.261 e. The van der Waals surface area contributed by atoms with Crippen molar-refractivity contribution in [2.24, 2.45) is 0 Å². The maximum atomic E-state index is 13.2. The lowest BCUT2D eigenvalue weighted by molar-refractivity contribution is 0.0966. The first-order valence-corrected chi connectivity index (χ1v) is 8.61. The van der Waals surface area contributed by atoms with E-state index in [9.17, 15) is 4.79 Å². The first kappa shape index (κ1) is 16.3. The minimum absolute atomic E-state index is 0.00407. The van der Waals surface area contributed by atoms with E-state index in [4.69, 9.17) is 4.74 Å². The molecule has 0 bridgehead atoms. The zero-order valence-corrected chi connectivity index (χ0v) is 14.7. The predicted octanol–water partition coefficient (Wildman–Crippen LogP) is 3.32. The van der Waals surface area contributed by atoms with E-state index in [-0.39, 0.29) is 18.0 Å². The summed E-state index contributed by atoms with van der Waals surface area (Å²) < 4.78 is 7.09. The van der Waals surface area contributed by atoms with E-state index in [1.54, 1.807) is 24.1 Å². The van der Waals surface area contributed by atoms with Crippen molar-refractivity contribution in [2.45, 2.75) is 25.4 Å². The molecule has 2 atom stereocenters. The molecule has 0 N–H and O–H groups in total. The molecule has 1 amide bonds. The molecule has 6 heteroatoms. The van der Waals surface area contributed by atoms with Crippen molar-refractivity contribution in [1.29, 1.82) is 0 Å². The Labute approximate surface area is 152 Å². The summed E-state index contributed by atoms with van der Waals surface area (Å²) in [4.78, 5) is 19.3. The Morgan fingerprint density at radius 2 is 1.96 bits per heavy atom. The number of hydrogen-bond acceptors (Lipinski definition) is 4. The van der Waals surface area contributed by atoms with Crippen molar-refractivity contribution in [1.82, 2.24) is 14.8 Å². The first-order valence-electron chi connectivity index (χ1n) is 8.61. The Morgan fingerprint density at radius 1 is 1.15 bits per heavy atom. The lowest BCUT2D eigenvalue weighted by Gasteiger charge is -2.37. The summed E-state index contributed by atoms with van der Waals surface area (Å²) in [6, 6.07) is 17.5. The standard InChI is InChI=1S/C20H20N4O2/c1-14-11-18(15-7-4-3-5-8-15)24-20(21-13-22-24)23(14)19(25)16-9-6-10-17(12-16)26-2/h3-10,12-14,18H,11H2,1-2H3. The van der Waals surface area contributed by atoms with Crippen LogP contribution in [-0.4, -0.2) is 33.8 Å². The van der Waals surface area contributed by atoms with Crippen molar-refractivity contribution in [3.8, 4) is 5.75 Å². The van der Waals surface area contributed by atoms with Gasteiger partial charge in [0.05, 0.1) is 13.2 Å². The van der Waals surface area contributed by atoms with Crippen LogP contribution in [0.15, 0.2) is 60.9 Å². The lowest BCUT2D eigenvalue weighted by atomic mass is 9.97. The van der Waals surface area contributed by atoms with Crippen molar-refractivity contribution in [3.63, 3.8) is 0 Å². The van der Waals surface area contributed by atoms with E-state index in [0.29, 0.717) is 17.3 Å². The zero-order chi connectivity index (χ0) is 18.1. The Morgan fingerprint density at radius 3 is 2.73 bits per heavy atom. The molecule has 0 aliphatic carbocycles. The molecule has 0 radical (unpaired) electrons. The fourth-order valence-corrected chi connectivity index (χ4v) is 3.50. The number of fused-ring (bicyclic) bond motifs is 1. The SMILES string of the molecule is COc1cccc(C(=O)N2c3ncnn3C(c3ccccc3)CC2C)c1. The second-order valence-corrected chi connectivity index (χ2v) is 6.42. The molecular weight excluding hydrogens is 328 g/mol. The van der Waals surface area contributed by atoms with Gasteiger partial charge in [0.2, 0.25) is 5.95 Å². The number of rotatable bonds is 3. The summed E-state index contributed by atoms with van der Waals surface area (Å²) in [6.45, 7) is 2.05. The third kappa shape index (κ3) is 2.73. The van der Waals surface area contributed by atoms with Crippen LogP contribution < -0.4 is 9.64 Å². The molecule has 0 saturated heterocycles. The maximum absolute atomic E-state index is 13.2. The van der Waals surface area contributed by atoms with E-state index in [1.165, 1.54) is 11.9 Å². The van der Waals surface area contributed by atoms with Crippen molar-refractivity contribution >= 4 is 11.9 Å². The molecule has 1 aliphatic rings. The second-order valence-electron chi connectivity index (χ2n) is 6.42. The van der Waals surface area contributed by atoms with Gasteiger partial charge >= 0.3 is 0 Å². The number of amides is 1. The molecule has 2 unspecified atom stereocenters. The molecule has 4 rings (SSSR count). The second kappa shape index (κ2) is 6.63. The molecule has 2 heterocycles. The Balaban J connectivity index is 1.72. The van der Waals surface area contributed by atoms with Gasteiger partial charge < -0.3 is 4.74 Å². The van der Waals surface area contributed by atoms with Gasteiger partial charge in [0.15, 0.2) is 0 Å². The van der Waals surface area contributed by atoms with E-state index < -0.39 is 0 Å². The molecule has 132 valence electrons. The number of methoxy groups -OCH3 is 1. The minimum atomic E-state index is -0.0999. The summed E-state index contributed by atoms with van der Waals surface area (Å²) in [6.07, 6.45) is 2.28. The highest BCUT2D eigenvalue weighted by Crippen LogP contribution is 2.35. The average Bonchev–Trinajstić information content (AvgIpc) is 3.17. The number of nitrogens with zero attached hydrogens (tertiary/aromatic N) is 4. The van der Waals surface area contributed by atoms with Crippen LogP contribution in [-0.2, 0) is 0 Å². The van der Waals surface area contributed by atoms with Crippen LogP contribution in [0.2, 0.25) is 0 Å². The predicted molar refractivity (Wildman–Crippen MR) is 98.5 cm³/mol. The van der Waals surface area contributed by atoms with Crippen LogP contribution >= 0.6 is 0 Å². The summed E-state index contributed by atoms with van der Waals surface area (Å²) in [5.74, 6) is 1.13. The van der Waals surface area contributed by atoms with Crippen molar-refractivity contribution < 1.29 is 9.53 Å². The molecule has 6 nitrogen and oxygen atoms in total. The van der Waals surface area contributed by atoms with Gasteiger partial charge in [-0.15, -0.1) is 0 Å². The van der Waals surface area contributed by atoms with Gasteiger partial charge in [0.25, 0.3) is 5.91 Å². The van der Waals surface area contributed by atoms with Crippen molar-refractivity contribution in [2.75, 3.05) is 12.0 Å². The number of carbonyl (C=O) groups excluding carboxylic acids is 1. The third-order valence-corrected chi connectivity index (χ3v) is 4.79. The highest BCUT2D eigenvalue weighted by atomic mass is 16.5. The maximum Gasteiger partial charge on any atom is 0.261 e. The summed E-state index contributed by atoms with van der Waals surface area (Å²) >= 11 is 0. The van der Waals surface area contributed by atoms with E-state index >= 15 is 0 Å². The normalized spacial score (nSPS) is 19.1. The van der Waals surface area contributed by atoms with Gasteiger partial charge in [0.1, 0.15) is 12.1 Å². The van der Waals surface area contributed by atoms with Gasteiger partial charge in [-0.05, 0) is 37.1 Å². The summed E-state index contributed by atoms with van der Waals surface area (Å²) in [5.41, 5.74) is 1.74. The van der Waals surface area contributed by atoms with Crippen molar-refractivity contribution in [3.05, 3.63) is 72.1 Å². The molecule has 0 saturated carbocycles. The number of ether oxygens (including phenoxy) is 1. The molecule has 3 aromatic rings. The van der Waals surface area contributed by atoms with Gasteiger partial charge in [0, 0.05) is 11.6 Å². The number of anilines is 1. The lowest BCUT2D eigenvalue weighted by Crippen LogP contribution is -2.46. The van der Waals surface area contributed by atoms with Crippen LogP contribution in [0.3, 0.4) is 0 Å². The quantitative estimate of drug-likeness (QED) is 0.728. The Hall–Kier alpha value is -3.15. The van der Waals surface area contributed by atoms with Crippen LogP contribution in [0, 0.1) is 0 Å². The molecule has 0 fully saturated rings. The summed E-state index contributed by atoms with van der Waals surface area (Å²) in [7, 11) is 1.59. The number of hydrogen-bond donors (Lipinski definition) is 0. The Kier molecular flexibility index (Phi) is 4.16. The van der Waals surface area contributed by atoms with Gasteiger partial charge in [-0.25, -0.2) is 4.68 Å². The minimum Gasteiger partial charge on any atom is -0.497 e. The van der Waals surface area contributed by atoms with E-state index in [2.05, 4.69) is 22.2 Å². The largest absolute Gasteiger partial charge is 0.497 e. The third-order valence-electron chi connectivity index (χ3n) is 4.79. The number of carbonyl (C=O) groups is 1. The highest BCUT2D eigenvalue weighted by molar-refractivity contribution is 6.06. The fourth-order valence-electron chi connectivity index (χ4n) is 3.50. The van der Waals surface area contributed by atoms with Gasteiger partial charge in [-0.1, -0.05) is 36.4 Å². The van der Waals surface area contributed by atoms with Crippen LogP contribution in [0.5, 0.6) is 5.75 Å². The van der Waals surface area contributed by atoms with Gasteiger partial charge in [-0.3, -0.25) is 9.69 Å². The van der Waals surface area contributed by atoms with E-state index in [1.807, 2.05) is 41.9 Å². The first-order chi connectivity index (χ1) is 12.7. The highest BCUT2D eigenvalue weighted by Gasteiger charge is 2.36. The Bertz CT molecular complexity index is 922. The zero-order valence-electron chi connectivity index (χ0n) is 14.7. The molecule has 26 heavy (non-hydrogen) atoms. The van der Waals surface area contributed by atoms with Crippen LogP contribution in [0.4, 0.5) is 5.95 Å². The molecule has 2 aromatic carbocycles. The van der Waals surface area contributed by atoms with E-state index in [0.717, 1.165) is 6.42 Å². The monoisotopic (exact) mass is 348 g/mol. The molecular formula is C20H20N4O2. The van der Waals surface area contributed by atoms with Crippen LogP contribution in [0.1, 0.15) is 35.3 Å². The molecule has 0 spiro atoms. The van der Waals surface area contributed by atoms with Crippen LogP contribution in [0.25, 0.3) is 0 Å². The summed E-state index contributed by atoms with van der Waals surface area (Å²) in [5, 5.41) is 4.40.